The Balaban J connectivity index is 1.77. The summed E-state index contributed by atoms with van der Waals surface area (Å²) < 4.78 is 46.7. The van der Waals surface area contributed by atoms with Crippen LogP contribution in [0.2, 0.25) is 0 Å². The number of nitrogens with one attached hydrogen (secondary N) is 2. The Morgan fingerprint density at radius 1 is 1.37 bits per heavy atom. The molecule has 1 aliphatic carbocycles. The van der Waals surface area contributed by atoms with Crippen LogP contribution in [-0.4, -0.2) is 46.9 Å². The van der Waals surface area contributed by atoms with Gasteiger partial charge in [-0.2, -0.15) is 13.2 Å². The zero-order chi connectivity index (χ0) is 22.1. The lowest BCUT2D eigenvalue weighted by Gasteiger charge is -2.44. The van der Waals surface area contributed by atoms with E-state index in [1.807, 2.05) is 5.32 Å². The molecule has 2 heterocycles. The maximum atomic E-state index is 13.9. The van der Waals surface area contributed by atoms with E-state index in [1.54, 1.807) is 0 Å². The Labute approximate surface area is 170 Å². The maximum absolute atomic E-state index is 13.9. The quantitative estimate of drug-likeness (QED) is 0.389. The lowest BCUT2D eigenvalue weighted by atomic mass is 9.64. The standard InChI is InChI=1S/C19H22F3N5O3/c1-18(12-3-7-27(8-4-12)16(29)15-25-6-9-30-15)5-2-11(14(28)26-17(23)24)10-13(18)19(20,21)22/h2,5-6,9-12H,3-4,7-8H2,1H3,(H4,23,24,26,28). The van der Waals surface area contributed by atoms with E-state index in [-0.39, 0.29) is 24.9 Å². The third kappa shape index (κ3) is 4.24. The Hall–Kier alpha value is -3.11. The third-order valence-electron chi connectivity index (χ3n) is 5.69. The number of hydrogen-bond donors (Lipinski definition) is 3. The summed E-state index contributed by atoms with van der Waals surface area (Å²) in [4.78, 5) is 29.7. The van der Waals surface area contributed by atoms with Crippen LogP contribution in [0.5, 0.6) is 0 Å². The molecule has 2 amide bonds. The van der Waals surface area contributed by atoms with Crippen LogP contribution in [0.1, 0.15) is 30.5 Å². The number of nitrogens with two attached hydrogens (primary N) is 1. The first-order valence-corrected chi connectivity index (χ1v) is 9.35. The normalized spacial score (nSPS) is 25.0. The third-order valence-corrected chi connectivity index (χ3v) is 5.69. The molecule has 0 bridgehead atoms. The minimum absolute atomic E-state index is 0.0487. The van der Waals surface area contributed by atoms with Crippen LogP contribution < -0.4 is 11.1 Å². The van der Waals surface area contributed by atoms with Crippen molar-refractivity contribution in [1.82, 2.24) is 15.2 Å². The molecule has 0 saturated carbocycles. The molecule has 1 aromatic heterocycles. The maximum Gasteiger partial charge on any atom is 0.413 e. The van der Waals surface area contributed by atoms with Gasteiger partial charge >= 0.3 is 12.1 Å². The lowest BCUT2D eigenvalue weighted by molar-refractivity contribution is -0.121. The first kappa shape index (κ1) is 21.6. The van der Waals surface area contributed by atoms with E-state index in [9.17, 15) is 22.8 Å². The minimum Gasteiger partial charge on any atom is -0.441 e. The molecule has 4 N–H and O–H groups in total. The minimum atomic E-state index is -4.64. The van der Waals surface area contributed by atoms with Gasteiger partial charge < -0.3 is 15.1 Å². The number of piperidine rings is 1. The highest BCUT2D eigenvalue weighted by atomic mass is 19.4. The Morgan fingerprint density at radius 3 is 2.57 bits per heavy atom. The Kier molecular flexibility index (Phi) is 5.73. The van der Waals surface area contributed by atoms with E-state index in [4.69, 9.17) is 15.6 Å². The van der Waals surface area contributed by atoms with Gasteiger partial charge in [-0.3, -0.25) is 20.3 Å². The van der Waals surface area contributed by atoms with Crippen LogP contribution in [0.15, 0.2) is 40.7 Å². The fourth-order valence-electron chi connectivity index (χ4n) is 4.09. The number of guanidine groups is 1. The summed E-state index contributed by atoms with van der Waals surface area (Å²) in [5, 5.41) is 9.12. The van der Waals surface area contributed by atoms with Crippen molar-refractivity contribution in [3.8, 4) is 0 Å². The molecule has 2 aliphatic rings. The molecular weight excluding hydrogens is 403 g/mol. The number of allylic oxidation sites excluding steroid dienone is 2. The highest BCUT2D eigenvalue weighted by Gasteiger charge is 2.50. The zero-order valence-electron chi connectivity index (χ0n) is 16.2. The number of carbonyl (C=O) groups is 2. The predicted octanol–water partition coefficient (Wildman–Crippen LogP) is 2.22. The van der Waals surface area contributed by atoms with Crippen molar-refractivity contribution >= 4 is 17.8 Å². The molecule has 1 aromatic rings. The predicted molar refractivity (Wildman–Crippen MR) is 100 cm³/mol. The molecule has 11 heteroatoms. The van der Waals surface area contributed by atoms with Crippen molar-refractivity contribution in [3.05, 3.63) is 42.2 Å². The van der Waals surface area contributed by atoms with E-state index in [2.05, 4.69) is 4.98 Å². The van der Waals surface area contributed by atoms with E-state index in [0.29, 0.717) is 12.8 Å². The lowest BCUT2D eigenvalue weighted by Crippen LogP contribution is -2.46. The molecule has 3 rings (SSSR count). The van der Waals surface area contributed by atoms with Gasteiger partial charge in [0.2, 0.25) is 5.91 Å². The molecule has 1 fully saturated rings. The van der Waals surface area contributed by atoms with Gasteiger partial charge in [-0.05, 0) is 18.8 Å². The molecule has 1 aliphatic heterocycles. The highest BCUT2D eigenvalue weighted by molar-refractivity contribution is 5.97. The van der Waals surface area contributed by atoms with Crippen molar-refractivity contribution in [2.45, 2.75) is 25.9 Å². The number of halogens is 3. The number of carbonyl (C=O) groups excluding carboxylic acids is 2. The molecule has 0 spiro atoms. The second kappa shape index (κ2) is 7.96. The van der Waals surface area contributed by atoms with E-state index >= 15 is 0 Å². The zero-order valence-corrected chi connectivity index (χ0v) is 16.2. The fourth-order valence-corrected chi connectivity index (χ4v) is 4.09. The molecule has 162 valence electrons. The van der Waals surface area contributed by atoms with Gasteiger partial charge in [-0.1, -0.05) is 25.2 Å². The Bertz CT molecular complexity index is 886. The summed E-state index contributed by atoms with van der Waals surface area (Å²) >= 11 is 0. The molecular formula is C19H22F3N5O3. The van der Waals surface area contributed by atoms with Gasteiger partial charge in [0.25, 0.3) is 5.89 Å². The summed E-state index contributed by atoms with van der Waals surface area (Å²) in [5.41, 5.74) is 2.95. The van der Waals surface area contributed by atoms with E-state index < -0.39 is 40.9 Å². The first-order valence-electron chi connectivity index (χ1n) is 9.35. The second-order valence-corrected chi connectivity index (χ2v) is 7.55. The first-order chi connectivity index (χ1) is 14.0. The van der Waals surface area contributed by atoms with Crippen molar-refractivity contribution in [3.63, 3.8) is 0 Å². The number of amides is 2. The molecule has 30 heavy (non-hydrogen) atoms. The van der Waals surface area contributed by atoms with Crippen molar-refractivity contribution in [1.29, 1.82) is 5.41 Å². The molecule has 8 nitrogen and oxygen atoms in total. The number of alkyl halides is 3. The van der Waals surface area contributed by atoms with Crippen LogP contribution in [0, 0.1) is 22.7 Å². The van der Waals surface area contributed by atoms with Crippen LogP contribution in [0.3, 0.4) is 0 Å². The van der Waals surface area contributed by atoms with Crippen molar-refractivity contribution in [2.24, 2.45) is 23.0 Å². The van der Waals surface area contributed by atoms with Gasteiger partial charge in [0.05, 0.1) is 12.1 Å². The molecule has 0 aromatic carbocycles. The average molecular weight is 425 g/mol. The van der Waals surface area contributed by atoms with Gasteiger partial charge in [-0.15, -0.1) is 0 Å². The average Bonchev–Trinajstić information content (AvgIpc) is 3.21. The van der Waals surface area contributed by atoms with Gasteiger partial charge in [0.15, 0.2) is 5.96 Å². The van der Waals surface area contributed by atoms with Crippen molar-refractivity contribution < 1.29 is 27.2 Å². The summed E-state index contributed by atoms with van der Waals surface area (Å²) in [7, 11) is 0. The number of oxazole rings is 1. The second-order valence-electron chi connectivity index (χ2n) is 7.55. The number of nitrogens with zero attached hydrogens (tertiary/aromatic N) is 2. The van der Waals surface area contributed by atoms with Crippen LogP contribution >= 0.6 is 0 Å². The van der Waals surface area contributed by atoms with Crippen LogP contribution in [-0.2, 0) is 4.79 Å². The van der Waals surface area contributed by atoms with E-state index in [0.717, 1.165) is 6.08 Å². The van der Waals surface area contributed by atoms with Gasteiger partial charge in [0.1, 0.15) is 6.26 Å². The topological polar surface area (TPSA) is 125 Å². The Morgan fingerprint density at radius 2 is 2.03 bits per heavy atom. The van der Waals surface area contributed by atoms with Crippen molar-refractivity contribution in [2.75, 3.05) is 13.1 Å². The monoisotopic (exact) mass is 425 g/mol. The molecule has 1 saturated heterocycles. The largest absolute Gasteiger partial charge is 0.441 e. The van der Waals surface area contributed by atoms with Gasteiger partial charge in [-0.25, -0.2) is 4.98 Å². The number of aromatic nitrogens is 1. The van der Waals surface area contributed by atoms with E-state index in [1.165, 1.54) is 36.4 Å². The molecule has 2 atom stereocenters. The number of hydrogen-bond acceptors (Lipinski definition) is 5. The van der Waals surface area contributed by atoms with Gasteiger partial charge in [0, 0.05) is 24.1 Å². The molecule has 0 radical (unpaired) electrons. The SMILES string of the molecule is CC1(C2CCN(C(=O)c3ncco3)CC2)C=CC(C(=O)NC(=N)N)C=C1C(F)(F)F. The summed E-state index contributed by atoms with van der Waals surface area (Å²) in [6.45, 7) is 2.04. The molecule has 2 unspecified atom stereocenters. The summed E-state index contributed by atoms with van der Waals surface area (Å²) in [5.74, 6) is -3.43. The smallest absolute Gasteiger partial charge is 0.413 e. The summed E-state index contributed by atoms with van der Waals surface area (Å²) in [6.07, 6.45) is 2.41. The highest BCUT2D eigenvalue weighted by Crippen LogP contribution is 2.51. The summed E-state index contributed by atoms with van der Waals surface area (Å²) in [6, 6.07) is 0. The van der Waals surface area contributed by atoms with Crippen LogP contribution in [0.4, 0.5) is 13.2 Å². The number of likely N-dealkylation sites (tertiary alicyclic amines) is 1. The number of rotatable bonds is 3. The van der Waals surface area contributed by atoms with Crippen LogP contribution in [0.25, 0.3) is 0 Å². The fraction of sp³-hybridized carbons (Fsp3) is 0.474.